The van der Waals surface area contributed by atoms with E-state index in [-0.39, 0.29) is 0 Å². The number of aliphatic hydroxyl groups excluding tert-OH is 7. The zero-order valence-electron chi connectivity index (χ0n) is 14.0. The van der Waals surface area contributed by atoms with Crippen LogP contribution in [-0.2, 0) is 19.0 Å². The van der Waals surface area contributed by atoms with Crippen molar-refractivity contribution in [1.82, 2.24) is 5.32 Å². The highest BCUT2D eigenvalue weighted by Crippen LogP contribution is 2.28. The molecule has 2 fully saturated rings. The Kier molecular flexibility index (Phi) is 7.27. The Labute approximate surface area is 148 Å². The maximum atomic E-state index is 11.4. The summed E-state index contributed by atoms with van der Waals surface area (Å²) >= 11 is 0. The van der Waals surface area contributed by atoms with Crippen LogP contribution in [-0.4, -0.2) is 116 Å². The summed E-state index contributed by atoms with van der Waals surface area (Å²) in [4.78, 5) is 11.4. The molecule has 0 aromatic rings. The van der Waals surface area contributed by atoms with Crippen molar-refractivity contribution < 1.29 is 54.8 Å². The van der Waals surface area contributed by atoms with Crippen molar-refractivity contribution in [1.29, 1.82) is 0 Å². The van der Waals surface area contributed by atoms with Crippen LogP contribution in [0.2, 0.25) is 0 Å². The Morgan fingerprint density at radius 1 is 0.923 bits per heavy atom. The van der Waals surface area contributed by atoms with Crippen molar-refractivity contribution in [2.45, 2.75) is 68.3 Å². The molecule has 12 nitrogen and oxygen atoms in total. The van der Waals surface area contributed by atoms with Gasteiger partial charge in [-0.1, -0.05) is 0 Å². The monoisotopic (exact) mass is 383 g/mol. The Bertz CT molecular complexity index is 480. The lowest BCUT2D eigenvalue weighted by atomic mass is 9.96. The summed E-state index contributed by atoms with van der Waals surface area (Å²) in [5, 5.41) is 70.7. The van der Waals surface area contributed by atoms with Crippen LogP contribution >= 0.6 is 0 Å². The third-order valence-electron chi connectivity index (χ3n) is 4.38. The molecule has 0 aliphatic carbocycles. The van der Waals surface area contributed by atoms with E-state index in [1.54, 1.807) is 0 Å². The normalized spacial score (nSPS) is 46.8. The summed E-state index contributed by atoms with van der Waals surface area (Å²) in [6.45, 7) is -0.183. The second-order valence-electron chi connectivity index (χ2n) is 6.26. The van der Waals surface area contributed by atoms with E-state index in [2.05, 4.69) is 5.32 Å². The first-order chi connectivity index (χ1) is 12.2. The van der Waals surface area contributed by atoms with Crippen LogP contribution in [0.4, 0.5) is 0 Å². The molecular formula is C14H25NO11. The van der Waals surface area contributed by atoms with Crippen LogP contribution in [0.3, 0.4) is 0 Å². The number of hydrogen-bond donors (Lipinski definition) is 8. The standard InChI is InChI=1S/C14H25NO11/c1-4(18)15-7-10(21)8(19)6(3-17)25-14(7)26-12-11(22)9(20)5(2-16)24-13(12)23/h5-14,16-17,19-23H,2-3H2,1H3,(H,15,18)/t5?,6?,7-,8+,9+,10+,11-,12+,13+,14-/m0/s1. The van der Waals surface area contributed by atoms with Crippen molar-refractivity contribution in [3.05, 3.63) is 0 Å². The molecule has 2 rings (SSSR count). The smallest absolute Gasteiger partial charge is 0.217 e. The predicted octanol–water partition coefficient (Wildman–Crippen LogP) is -5.25. The number of nitrogens with one attached hydrogen (secondary N) is 1. The van der Waals surface area contributed by atoms with Gasteiger partial charge in [-0.15, -0.1) is 0 Å². The molecule has 0 bridgehead atoms. The van der Waals surface area contributed by atoms with Gasteiger partial charge in [0.25, 0.3) is 0 Å². The van der Waals surface area contributed by atoms with Crippen molar-refractivity contribution in [2.24, 2.45) is 0 Å². The van der Waals surface area contributed by atoms with E-state index in [0.29, 0.717) is 0 Å². The number of amides is 1. The van der Waals surface area contributed by atoms with Gasteiger partial charge in [0, 0.05) is 6.92 Å². The summed E-state index contributed by atoms with van der Waals surface area (Å²) in [6, 6.07) is -1.29. The van der Waals surface area contributed by atoms with Crippen LogP contribution in [0.15, 0.2) is 0 Å². The Morgan fingerprint density at radius 2 is 1.46 bits per heavy atom. The third kappa shape index (κ3) is 4.31. The number of rotatable bonds is 5. The second kappa shape index (κ2) is 8.84. The Balaban J connectivity index is 2.18. The van der Waals surface area contributed by atoms with Gasteiger partial charge in [0.05, 0.1) is 13.2 Å². The summed E-state index contributed by atoms with van der Waals surface area (Å²) in [5.74, 6) is -0.581. The predicted molar refractivity (Wildman–Crippen MR) is 80.2 cm³/mol. The summed E-state index contributed by atoms with van der Waals surface area (Å²) < 4.78 is 15.7. The van der Waals surface area contributed by atoms with Gasteiger partial charge in [-0.25, -0.2) is 0 Å². The summed E-state index contributed by atoms with van der Waals surface area (Å²) in [6.07, 6.45) is -13.7. The van der Waals surface area contributed by atoms with Crippen LogP contribution in [0.25, 0.3) is 0 Å². The number of ether oxygens (including phenoxy) is 3. The largest absolute Gasteiger partial charge is 0.394 e. The van der Waals surface area contributed by atoms with E-state index in [1.807, 2.05) is 0 Å². The molecule has 152 valence electrons. The molecule has 2 unspecified atom stereocenters. The summed E-state index contributed by atoms with van der Waals surface area (Å²) in [5.41, 5.74) is 0. The fourth-order valence-electron chi connectivity index (χ4n) is 2.96. The van der Waals surface area contributed by atoms with Gasteiger partial charge < -0.3 is 55.3 Å². The maximum Gasteiger partial charge on any atom is 0.217 e. The van der Waals surface area contributed by atoms with Gasteiger partial charge in [-0.3, -0.25) is 4.79 Å². The van der Waals surface area contributed by atoms with Crippen molar-refractivity contribution >= 4 is 5.91 Å². The Hall–Kier alpha value is -0.930. The van der Waals surface area contributed by atoms with Gasteiger partial charge in [0.1, 0.15) is 48.8 Å². The second-order valence-corrected chi connectivity index (χ2v) is 6.26. The first-order valence-electron chi connectivity index (χ1n) is 8.06. The molecular weight excluding hydrogens is 358 g/mol. The maximum absolute atomic E-state index is 11.4. The van der Waals surface area contributed by atoms with Gasteiger partial charge in [-0.05, 0) is 0 Å². The molecule has 0 spiro atoms. The lowest BCUT2D eigenvalue weighted by molar-refractivity contribution is -0.348. The molecule has 0 aromatic heterocycles. The number of aliphatic hydroxyl groups is 7. The highest BCUT2D eigenvalue weighted by atomic mass is 16.7. The lowest BCUT2D eigenvalue weighted by Gasteiger charge is -2.46. The topological polar surface area (TPSA) is 198 Å². The molecule has 10 atom stereocenters. The van der Waals surface area contributed by atoms with Crippen LogP contribution in [0.5, 0.6) is 0 Å². The fourth-order valence-corrected chi connectivity index (χ4v) is 2.96. The summed E-state index contributed by atoms with van der Waals surface area (Å²) in [7, 11) is 0. The molecule has 0 aromatic carbocycles. The molecule has 2 saturated heterocycles. The van der Waals surface area contributed by atoms with E-state index >= 15 is 0 Å². The average molecular weight is 383 g/mol. The molecule has 2 heterocycles. The van der Waals surface area contributed by atoms with E-state index in [0.717, 1.165) is 6.92 Å². The SMILES string of the molecule is CC(=O)N[C@@H]1[C@H](O[C@@H]2[C@@H](O)[C@H](O)C(CO)O[C@H]2O)OC(CO)[C@@H](O)[C@@H]1O. The van der Waals surface area contributed by atoms with E-state index in [4.69, 9.17) is 19.3 Å². The van der Waals surface area contributed by atoms with Crippen LogP contribution in [0, 0.1) is 0 Å². The molecule has 26 heavy (non-hydrogen) atoms. The van der Waals surface area contributed by atoms with E-state index in [9.17, 15) is 35.4 Å². The van der Waals surface area contributed by atoms with Crippen molar-refractivity contribution in [3.8, 4) is 0 Å². The zero-order valence-corrected chi connectivity index (χ0v) is 14.0. The molecule has 0 saturated carbocycles. The number of carbonyl (C=O) groups excluding carboxylic acids is 1. The quantitative estimate of drug-likeness (QED) is 0.226. The minimum atomic E-state index is -1.76. The van der Waals surface area contributed by atoms with Crippen molar-refractivity contribution in [2.75, 3.05) is 13.2 Å². The highest BCUT2D eigenvalue weighted by Gasteiger charge is 2.50. The molecule has 12 heteroatoms. The first-order valence-corrected chi connectivity index (χ1v) is 8.06. The Morgan fingerprint density at radius 3 is 2.00 bits per heavy atom. The van der Waals surface area contributed by atoms with Crippen LogP contribution in [0.1, 0.15) is 6.92 Å². The molecule has 2 aliphatic heterocycles. The average Bonchev–Trinajstić information content (AvgIpc) is 2.60. The third-order valence-corrected chi connectivity index (χ3v) is 4.38. The molecule has 0 radical (unpaired) electrons. The van der Waals surface area contributed by atoms with Crippen molar-refractivity contribution in [3.63, 3.8) is 0 Å². The molecule has 8 N–H and O–H groups in total. The number of hydrogen-bond acceptors (Lipinski definition) is 11. The lowest BCUT2D eigenvalue weighted by Crippen LogP contribution is -2.67. The van der Waals surface area contributed by atoms with Gasteiger partial charge >= 0.3 is 0 Å². The van der Waals surface area contributed by atoms with E-state index in [1.165, 1.54) is 0 Å². The van der Waals surface area contributed by atoms with Crippen LogP contribution < -0.4 is 5.32 Å². The number of carbonyl (C=O) groups is 1. The van der Waals surface area contributed by atoms with Gasteiger partial charge in [-0.2, -0.15) is 0 Å². The molecule has 1 amide bonds. The first kappa shape index (κ1) is 21.4. The fraction of sp³-hybridized carbons (Fsp3) is 0.929. The minimum Gasteiger partial charge on any atom is -0.394 e. The highest BCUT2D eigenvalue weighted by molar-refractivity contribution is 5.73. The zero-order chi connectivity index (χ0) is 19.6. The van der Waals surface area contributed by atoms with E-state index < -0.39 is 80.5 Å². The van der Waals surface area contributed by atoms with Gasteiger partial charge in [0.15, 0.2) is 12.6 Å². The molecule has 2 aliphatic rings. The van der Waals surface area contributed by atoms with Gasteiger partial charge in [0.2, 0.25) is 5.91 Å². The minimum absolute atomic E-state index is 0.581.